The minimum atomic E-state index is -0.308. The molecule has 0 aliphatic rings. The zero-order valence-electron chi connectivity index (χ0n) is 12.2. The molecule has 2 nitrogen and oxygen atoms in total. The summed E-state index contributed by atoms with van der Waals surface area (Å²) in [6.07, 6.45) is 5.95. The lowest BCUT2D eigenvalue weighted by Gasteiger charge is -2.03. The summed E-state index contributed by atoms with van der Waals surface area (Å²) in [4.78, 5) is 11.5. The molecular formula is C19H18O2. The topological polar surface area (TPSA) is 26.3 Å². The van der Waals surface area contributed by atoms with Crippen LogP contribution in [-0.2, 0) is 9.53 Å². The normalized spacial score (nSPS) is 11.6. The molecule has 0 fully saturated rings. The Hall–Kier alpha value is -2.61. The first-order valence-electron chi connectivity index (χ1n) is 6.79. The molecule has 2 aromatic carbocycles. The second kappa shape index (κ2) is 7.25. The van der Waals surface area contributed by atoms with Crippen molar-refractivity contribution >= 4 is 24.2 Å². The standard InChI is InChI=1S/C19H18O2/c1-15(19(20)21-2)14-18-11-7-6-10-17(18)13-12-16-8-4-3-5-9-16/h3-14H,1-2H3/b13-12+,15-14+. The molecule has 0 saturated heterocycles. The van der Waals surface area contributed by atoms with Crippen molar-refractivity contribution in [2.24, 2.45) is 0 Å². The Kier molecular flexibility index (Phi) is 5.10. The molecular weight excluding hydrogens is 260 g/mol. The zero-order valence-corrected chi connectivity index (χ0v) is 12.2. The lowest BCUT2D eigenvalue weighted by Crippen LogP contribution is -2.01. The molecule has 0 radical (unpaired) electrons. The van der Waals surface area contributed by atoms with Crippen molar-refractivity contribution in [2.45, 2.75) is 6.92 Å². The van der Waals surface area contributed by atoms with Gasteiger partial charge in [-0.05, 0) is 29.7 Å². The van der Waals surface area contributed by atoms with Crippen molar-refractivity contribution in [3.63, 3.8) is 0 Å². The van der Waals surface area contributed by atoms with Crippen molar-refractivity contribution in [3.05, 3.63) is 76.9 Å². The van der Waals surface area contributed by atoms with E-state index in [2.05, 4.69) is 18.2 Å². The Labute approximate surface area is 125 Å². The van der Waals surface area contributed by atoms with Crippen LogP contribution in [0.25, 0.3) is 18.2 Å². The number of esters is 1. The maximum absolute atomic E-state index is 11.5. The van der Waals surface area contributed by atoms with Crippen LogP contribution >= 0.6 is 0 Å². The number of ether oxygens (including phenoxy) is 1. The number of hydrogen-bond acceptors (Lipinski definition) is 2. The van der Waals surface area contributed by atoms with E-state index in [1.54, 1.807) is 6.92 Å². The molecule has 0 aliphatic heterocycles. The van der Waals surface area contributed by atoms with Gasteiger partial charge in [-0.25, -0.2) is 4.79 Å². The Morgan fingerprint density at radius 3 is 2.19 bits per heavy atom. The van der Waals surface area contributed by atoms with Crippen molar-refractivity contribution in [1.82, 2.24) is 0 Å². The summed E-state index contributed by atoms with van der Waals surface area (Å²) >= 11 is 0. The summed E-state index contributed by atoms with van der Waals surface area (Å²) in [5.74, 6) is -0.308. The van der Waals surface area contributed by atoms with Gasteiger partial charge in [0.2, 0.25) is 0 Å². The van der Waals surface area contributed by atoms with Gasteiger partial charge in [-0.3, -0.25) is 0 Å². The van der Waals surface area contributed by atoms with Gasteiger partial charge in [0.1, 0.15) is 0 Å². The highest BCUT2D eigenvalue weighted by molar-refractivity contribution is 5.93. The average molecular weight is 278 g/mol. The fourth-order valence-corrected chi connectivity index (χ4v) is 2.00. The largest absolute Gasteiger partial charge is 0.466 e. The van der Waals surface area contributed by atoms with Crippen molar-refractivity contribution in [1.29, 1.82) is 0 Å². The molecule has 0 heterocycles. The van der Waals surface area contributed by atoms with E-state index in [0.29, 0.717) is 5.57 Å². The third kappa shape index (κ3) is 4.18. The molecule has 106 valence electrons. The van der Waals surface area contributed by atoms with Crippen LogP contribution in [0.3, 0.4) is 0 Å². The predicted octanol–water partition coefficient (Wildman–Crippen LogP) is 4.43. The third-order valence-corrected chi connectivity index (χ3v) is 3.13. The Morgan fingerprint density at radius 1 is 0.905 bits per heavy atom. The van der Waals surface area contributed by atoms with E-state index in [9.17, 15) is 4.79 Å². The number of carbonyl (C=O) groups excluding carboxylic acids is 1. The smallest absolute Gasteiger partial charge is 0.333 e. The van der Waals surface area contributed by atoms with E-state index >= 15 is 0 Å². The van der Waals surface area contributed by atoms with E-state index in [-0.39, 0.29) is 5.97 Å². The van der Waals surface area contributed by atoms with Gasteiger partial charge < -0.3 is 4.74 Å². The molecule has 0 spiro atoms. The second-order valence-corrected chi connectivity index (χ2v) is 4.69. The van der Waals surface area contributed by atoms with Crippen LogP contribution in [0.5, 0.6) is 0 Å². The first-order chi connectivity index (χ1) is 10.2. The monoisotopic (exact) mass is 278 g/mol. The van der Waals surface area contributed by atoms with E-state index < -0.39 is 0 Å². The molecule has 2 aromatic rings. The summed E-state index contributed by atoms with van der Waals surface area (Å²) in [6.45, 7) is 1.75. The summed E-state index contributed by atoms with van der Waals surface area (Å²) in [6, 6.07) is 18.1. The van der Waals surface area contributed by atoms with Crippen LogP contribution < -0.4 is 0 Å². The summed E-state index contributed by atoms with van der Waals surface area (Å²) < 4.78 is 4.73. The summed E-state index contributed by atoms with van der Waals surface area (Å²) in [5, 5.41) is 0. The lowest BCUT2D eigenvalue weighted by molar-refractivity contribution is -0.135. The van der Waals surface area contributed by atoms with Gasteiger partial charge in [0, 0.05) is 5.57 Å². The highest BCUT2D eigenvalue weighted by Crippen LogP contribution is 2.17. The molecule has 0 aliphatic carbocycles. The van der Waals surface area contributed by atoms with Crippen LogP contribution in [0.4, 0.5) is 0 Å². The third-order valence-electron chi connectivity index (χ3n) is 3.13. The molecule has 0 bridgehead atoms. The molecule has 0 atom stereocenters. The van der Waals surface area contributed by atoms with E-state index in [1.807, 2.05) is 54.6 Å². The molecule has 0 N–H and O–H groups in total. The number of benzene rings is 2. The van der Waals surface area contributed by atoms with Gasteiger partial charge in [0.15, 0.2) is 0 Å². The van der Waals surface area contributed by atoms with Gasteiger partial charge in [0.25, 0.3) is 0 Å². The van der Waals surface area contributed by atoms with Crippen LogP contribution in [0.1, 0.15) is 23.6 Å². The SMILES string of the molecule is COC(=O)/C(C)=C/c1ccccc1/C=C/c1ccccc1. The van der Waals surface area contributed by atoms with Gasteiger partial charge in [0.05, 0.1) is 7.11 Å². The lowest BCUT2D eigenvalue weighted by atomic mass is 10.0. The molecule has 0 aromatic heterocycles. The predicted molar refractivity (Wildman–Crippen MR) is 87.5 cm³/mol. The quantitative estimate of drug-likeness (QED) is 0.470. The second-order valence-electron chi connectivity index (χ2n) is 4.69. The van der Waals surface area contributed by atoms with E-state index in [4.69, 9.17) is 4.74 Å². The van der Waals surface area contributed by atoms with Crippen molar-refractivity contribution < 1.29 is 9.53 Å². The fraction of sp³-hybridized carbons (Fsp3) is 0.105. The highest BCUT2D eigenvalue weighted by atomic mass is 16.5. The minimum Gasteiger partial charge on any atom is -0.466 e. The van der Waals surface area contributed by atoms with Crippen molar-refractivity contribution in [2.75, 3.05) is 7.11 Å². The Morgan fingerprint density at radius 2 is 1.52 bits per heavy atom. The highest BCUT2D eigenvalue weighted by Gasteiger charge is 2.04. The summed E-state index contributed by atoms with van der Waals surface area (Å²) in [5.41, 5.74) is 3.77. The number of rotatable bonds is 4. The van der Waals surface area contributed by atoms with Gasteiger partial charge >= 0.3 is 5.97 Å². The number of carbonyl (C=O) groups is 1. The molecule has 0 unspecified atom stereocenters. The molecule has 21 heavy (non-hydrogen) atoms. The van der Waals surface area contributed by atoms with Crippen LogP contribution in [0, 0.1) is 0 Å². The molecule has 2 rings (SSSR count). The average Bonchev–Trinajstić information content (AvgIpc) is 2.54. The zero-order chi connectivity index (χ0) is 15.1. The van der Waals surface area contributed by atoms with Crippen LogP contribution in [0.15, 0.2) is 60.2 Å². The maximum Gasteiger partial charge on any atom is 0.333 e. The number of hydrogen-bond donors (Lipinski definition) is 0. The first-order valence-corrected chi connectivity index (χ1v) is 6.79. The minimum absolute atomic E-state index is 0.308. The summed E-state index contributed by atoms with van der Waals surface area (Å²) in [7, 11) is 1.39. The molecule has 2 heteroatoms. The van der Waals surface area contributed by atoms with Gasteiger partial charge in [-0.15, -0.1) is 0 Å². The molecule has 0 saturated carbocycles. The van der Waals surface area contributed by atoms with E-state index in [1.165, 1.54) is 7.11 Å². The molecule has 0 amide bonds. The Bertz CT molecular complexity index is 667. The first kappa shape index (κ1) is 14.8. The van der Waals surface area contributed by atoms with Crippen LogP contribution in [0.2, 0.25) is 0 Å². The number of methoxy groups -OCH3 is 1. The van der Waals surface area contributed by atoms with Crippen LogP contribution in [-0.4, -0.2) is 13.1 Å². The maximum atomic E-state index is 11.5. The van der Waals surface area contributed by atoms with E-state index in [0.717, 1.165) is 16.7 Å². The van der Waals surface area contributed by atoms with Crippen molar-refractivity contribution in [3.8, 4) is 0 Å². The van der Waals surface area contributed by atoms with Gasteiger partial charge in [-0.2, -0.15) is 0 Å². The Balaban J connectivity index is 2.29. The van der Waals surface area contributed by atoms with Gasteiger partial charge in [-0.1, -0.05) is 66.7 Å². The fourth-order valence-electron chi connectivity index (χ4n) is 2.00.